The second-order valence-corrected chi connectivity index (χ2v) is 7.55. The summed E-state index contributed by atoms with van der Waals surface area (Å²) in [4.78, 5) is 24.2. The zero-order valence-corrected chi connectivity index (χ0v) is 18.4. The van der Waals surface area contributed by atoms with E-state index in [0.29, 0.717) is 11.3 Å². The van der Waals surface area contributed by atoms with E-state index in [-0.39, 0.29) is 12.5 Å². The highest BCUT2D eigenvalue weighted by molar-refractivity contribution is 9.10. The number of nitrogens with zero attached hydrogens (tertiary/aromatic N) is 3. The first kappa shape index (κ1) is 21.4. The van der Waals surface area contributed by atoms with Crippen molar-refractivity contribution in [2.75, 3.05) is 0 Å². The number of nitrogens with one attached hydrogen (secondary N) is 1. The molecule has 2 aromatic carbocycles. The number of benzene rings is 2. The Morgan fingerprint density at radius 3 is 2.37 bits per heavy atom. The number of rotatable bonds is 6. The molecule has 7 nitrogen and oxygen atoms in total. The molecular weight excluding hydrogens is 448 g/mol. The Balaban J connectivity index is 1.52. The Hall–Kier alpha value is -3.26. The zero-order chi connectivity index (χ0) is 21.7. The first-order valence-corrected chi connectivity index (χ1v) is 10.0. The van der Waals surface area contributed by atoms with E-state index in [9.17, 15) is 9.59 Å². The van der Waals surface area contributed by atoms with Crippen LogP contribution in [0.1, 0.15) is 32.9 Å². The van der Waals surface area contributed by atoms with E-state index >= 15 is 0 Å². The van der Waals surface area contributed by atoms with Crippen LogP contribution in [0.15, 0.2) is 58.1 Å². The van der Waals surface area contributed by atoms with E-state index in [1.807, 2.05) is 32.9 Å². The minimum atomic E-state index is -0.417. The van der Waals surface area contributed by atoms with Crippen molar-refractivity contribution in [3.8, 4) is 5.75 Å². The predicted molar refractivity (Wildman–Crippen MR) is 118 cm³/mol. The molecule has 1 heterocycles. The first-order valence-electron chi connectivity index (χ1n) is 9.24. The third kappa shape index (κ3) is 5.42. The molecule has 0 saturated heterocycles. The molecule has 0 unspecified atom stereocenters. The number of aryl methyl sites for hydroxylation is 2. The number of hydrazone groups is 1. The maximum Gasteiger partial charge on any atom is 0.343 e. The van der Waals surface area contributed by atoms with Gasteiger partial charge in [-0.2, -0.15) is 10.2 Å². The smallest absolute Gasteiger partial charge is 0.343 e. The summed E-state index contributed by atoms with van der Waals surface area (Å²) in [6.45, 7) is 5.78. The molecular formula is C22H21BrN4O3. The number of hydrogen-bond acceptors (Lipinski definition) is 5. The average molecular weight is 469 g/mol. The summed E-state index contributed by atoms with van der Waals surface area (Å²) in [6, 6.07) is 14.0. The van der Waals surface area contributed by atoms with E-state index in [0.717, 1.165) is 27.0 Å². The van der Waals surface area contributed by atoms with E-state index in [1.54, 1.807) is 41.1 Å². The third-order valence-electron chi connectivity index (χ3n) is 4.37. The van der Waals surface area contributed by atoms with Gasteiger partial charge in [0.25, 0.3) is 5.91 Å². The fourth-order valence-electron chi connectivity index (χ4n) is 2.66. The van der Waals surface area contributed by atoms with Gasteiger partial charge in [0.15, 0.2) is 0 Å². The maximum atomic E-state index is 12.1. The van der Waals surface area contributed by atoms with Crippen LogP contribution in [0.4, 0.5) is 0 Å². The van der Waals surface area contributed by atoms with Crippen LogP contribution in [-0.4, -0.2) is 27.9 Å². The van der Waals surface area contributed by atoms with Gasteiger partial charge in [0.2, 0.25) is 0 Å². The summed E-state index contributed by atoms with van der Waals surface area (Å²) in [5.74, 6) is -0.274. The summed E-state index contributed by atoms with van der Waals surface area (Å²) in [5, 5.41) is 8.25. The third-order valence-corrected chi connectivity index (χ3v) is 5.51. The predicted octanol–water partition coefficient (Wildman–Crippen LogP) is 3.94. The highest BCUT2D eigenvalue weighted by Gasteiger charge is 2.11. The monoisotopic (exact) mass is 468 g/mol. The van der Waals surface area contributed by atoms with E-state index < -0.39 is 5.97 Å². The summed E-state index contributed by atoms with van der Waals surface area (Å²) < 4.78 is 7.86. The summed E-state index contributed by atoms with van der Waals surface area (Å²) in [7, 11) is 0. The fourth-order valence-corrected chi connectivity index (χ4v) is 2.94. The van der Waals surface area contributed by atoms with E-state index in [4.69, 9.17) is 4.74 Å². The van der Waals surface area contributed by atoms with Gasteiger partial charge in [-0.3, -0.25) is 9.48 Å². The van der Waals surface area contributed by atoms with Gasteiger partial charge in [-0.05, 0) is 78.7 Å². The molecule has 0 fully saturated rings. The average Bonchev–Trinajstić information content (AvgIpc) is 2.96. The lowest BCUT2D eigenvalue weighted by molar-refractivity contribution is -0.121. The number of amides is 1. The molecule has 0 aliphatic rings. The van der Waals surface area contributed by atoms with Crippen LogP contribution in [0.5, 0.6) is 5.75 Å². The lowest BCUT2D eigenvalue weighted by Crippen LogP contribution is -2.24. The number of hydrogen-bond donors (Lipinski definition) is 1. The molecule has 154 valence electrons. The van der Waals surface area contributed by atoms with Gasteiger partial charge in [0, 0.05) is 0 Å². The number of halogens is 1. The van der Waals surface area contributed by atoms with Crippen LogP contribution < -0.4 is 10.2 Å². The summed E-state index contributed by atoms with van der Waals surface area (Å²) in [5.41, 5.74) is 6.49. The normalized spacial score (nSPS) is 10.9. The van der Waals surface area contributed by atoms with Crippen LogP contribution in [-0.2, 0) is 11.3 Å². The standard InChI is InChI=1S/C22H21BrN4O3/c1-14-4-8-18(9-5-14)22(29)30-19-10-6-17(7-11-19)12-24-25-20(28)13-27-16(3)21(23)15(2)26-27/h4-12H,13H2,1-3H3,(H,25,28)/b24-12+. The van der Waals surface area contributed by atoms with E-state index in [2.05, 4.69) is 31.6 Å². The van der Waals surface area contributed by atoms with E-state index in [1.165, 1.54) is 6.21 Å². The van der Waals surface area contributed by atoms with Crippen molar-refractivity contribution in [3.63, 3.8) is 0 Å². The highest BCUT2D eigenvalue weighted by atomic mass is 79.9. The van der Waals surface area contributed by atoms with Gasteiger partial charge < -0.3 is 4.74 Å². The molecule has 0 bridgehead atoms. The Labute approximate surface area is 182 Å². The molecule has 1 aromatic heterocycles. The molecule has 0 atom stereocenters. The topological polar surface area (TPSA) is 85.6 Å². The quantitative estimate of drug-likeness (QED) is 0.257. The molecule has 0 radical (unpaired) electrons. The van der Waals surface area contributed by atoms with Crippen molar-refractivity contribution in [1.82, 2.24) is 15.2 Å². The van der Waals surface area contributed by atoms with Gasteiger partial charge in [0.1, 0.15) is 12.3 Å². The minimum Gasteiger partial charge on any atom is -0.423 e. The Bertz CT molecular complexity index is 1090. The molecule has 1 N–H and O–H groups in total. The van der Waals surface area contributed by atoms with Gasteiger partial charge in [0.05, 0.1) is 27.6 Å². The Morgan fingerprint density at radius 2 is 1.77 bits per heavy atom. The van der Waals surface area contributed by atoms with Crippen molar-refractivity contribution in [2.24, 2.45) is 5.10 Å². The highest BCUT2D eigenvalue weighted by Crippen LogP contribution is 2.19. The van der Waals surface area contributed by atoms with Gasteiger partial charge in [-0.25, -0.2) is 10.2 Å². The summed E-state index contributed by atoms with van der Waals surface area (Å²) in [6.07, 6.45) is 1.51. The first-order chi connectivity index (χ1) is 14.3. The number of ether oxygens (including phenoxy) is 1. The van der Waals surface area contributed by atoms with Crippen molar-refractivity contribution < 1.29 is 14.3 Å². The van der Waals surface area contributed by atoms with Crippen molar-refractivity contribution >= 4 is 34.0 Å². The molecule has 3 aromatic rings. The lowest BCUT2D eigenvalue weighted by atomic mass is 10.1. The summed E-state index contributed by atoms with van der Waals surface area (Å²) >= 11 is 3.43. The Kier molecular flexibility index (Phi) is 6.79. The lowest BCUT2D eigenvalue weighted by Gasteiger charge is -2.05. The van der Waals surface area contributed by atoms with Crippen LogP contribution in [0.25, 0.3) is 0 Å². The molecule has 0 saturated carbocycles. The largest absolute Gasteiger partial charge is 0.423 e. The molecule has 0 aliphatic carbocycles. The number of carbonyl (C=O) groups excluding carboxylic acids is 2. The van der Waals surface area contributed by atoms with Crippen molar-refractivity contribution in [3.05, 3.63) is 81.1 Å². The zero-order valence-electron chi connectivity index (χ0n) is 16.8. The van der Waals surface area contributed by atoms with Crippen LogP contribution in [0, 0.1) is 20.8 Å². The minimum absolute atomic E-state index is 0.0729. The second kappa shape index (κ2) is 9.49. The van der Waals surface area contributed by atoms with Crippen molar-refractivity contribution in [1.29, 1.82) is 0 Å². The van der Waals surface area contributed by atoms with Crippen LogP contribution in [0.2, 0.25) is 0 Å². The SMILES string of the molecule is Cc1ccc(C(=O)Oc2ccc(/C=N/NC(=O)Cn3nc(C)c(Br)c3C)cc2)cc1. The second-order valence-electron chi connectivity index (χ2n) is 6.76. The molecule has 0 spiro atoms. The van der Waals surface area contributed by atoms with Crippen LogP contribution >= 0.6 is 15.9 Å². The van der Waals surface area contributed by atoms with Gasteiger partial charge in [-0.15, -0.1) is 0 Å². The molecule has 0 aliphatic heterocycles. The number of aromatic nitrogens is 2. The number of esters is 1. The van der Waals surface area contributed by atoms with Gasteiger partial charge >= 0.3 is 5.97 Å². The van der Waals surface area contributed by atoms with Crippen LogP contribution in [0.3, 0.4) is 0 Å². The molecule has 3 rings (SSSR count). The molecule has 8 heteroatoms. The van der Waals surface area contributed by atoms with Crippen molar-refractivity contribution in [2.45, 2.75) is 27.3 Å². The Morgan fingerprint density at radius 1 is 1.10 bits per heavy atom. The fraction of sp³-hybridized carbons (Fsp3) is 0.182. The number of carbonyl (C=O) groups is 2. The molecule has 1 amide bonds. The van der Waals surface area contributed by atoms with Gasteiger partial charge in [-0.1, -0.05) is 17.7 Å². The maximum absolute atomic E-state index is 12.1. The molecule has 30 heavy (non-hydrogen) atoms.